The van der Waals surface area contributed by atoms with E-state index < -0.39 is 22.0 Å². The van der Waals surface area contributed by atoms with Gasteiger partial charge >= 0.3 is 0 Å². The zero-order valence-electron chi connectivity index (χ0n) is 13.1. The Hall–Kier alpha value is -2.18. The SMILES string of the molecule is CC(C)c1ccc(S(=O)(=O)NC(C(N)=O)c2ccccc2)cc1. The smallest absolute Gasteiger partial charge is 0.241 e. The van der Waals surface area contributed by atoms with Crippen LogP contribution in [0.5, 0.6) is 0 Å². The highest BCUT2D eigenvalue weighted by Crippen LogP contribution is 2.20. The fourth-order valence-corrected chi connectivity index (χ4v) is 3.38. The lowest BCUT2D eigenvalue weighted by Crippen LogP contribution is -2.37. The molecule has 5 nitrogen and oxygen atoms in total. The number of rotatable bonds is 6. The van der Waals surface area contributed by atoms with Crippen molar-refractivity contribution in [1.29, 1.82) is 0 Å². The van der Waals surface area contributed by atoms with Crippen molar-refractivity contribution in [1.82, 2.24) is 4.72 Å². The van der Waals surface area contributed by atoms with Crippen molar-refractivity contribution in [3.8, 4) is 0 Å². The maximum atomic E-state index is 12.5. The van der Waals surface area contributed by atoms with E-state index in [4.69, 9.17) is 5.73 Å². The van der Waals surface area contributed by atoms with Gasteiger partial charge in [-0.05, 0) is 29.2 Å². The second kappa shape index (κ2) is 6.93. The molecular formula is C17H20N2O3S. The van der Waals surface area contributed by atoms with Gasteiger partial charge in [-0.15, -0.1) is 0 Å². The molecule has 2 aromatic carbocycles. The summed E-state index contributed by atoms with van der Waals surface area (Å²) in [7, 11) is -3.85. The quantitative estimate of drug-likeness (QED) is 0.850. The molecule has 1 atom stereocenters. The maximum Gasteiger partial charge on any atom is 0.241 e. The van der Waals surface area contributed by atoms with Crippen LogP contribution in [-0.2, 0) is 14.8 Å². The minimum Gasteiger partial charge on any atom is -0.368 e. The van der Waals surface area contributed by atoms with Crippen molar-refractivity contribution < 1.29 is 13.2 Å². The number of sulfonamides is 1. The Bertz CT molecular complexity index is 769. The summed E-state index contributed by atoms with van der Waals surface area (Å²) in [5, 5.41) is 0. The summed E-state index contributed by atoms with van der Waals surface area (Å²) in [5.41, 5.74) is 6.89. The van der Waals surface area contributed by atoms with Gasteiger partial charge < -0.3 is 5.73 Å². The molecule has 3 N–H and O–H groups in total. The van der Waals surface area contributed by atoms with E-state index in [0.29, 0.717) is 11.5 Å². The predicted octanol–water partition coefficient (Wildman–Crippen LogP) is 2.31. The van der Waals surface area contributed by atoms with Crippen molar-refractivity contribution in [2.45, 2.75) is 30.7 Å². The Morgan fingerprint density at radius 1 is 0.957 bits per heavy atom. The van der Waals surface area contributed by atoms with E-state index in [-0.39, 0.29) is 4.90 Å². The summed E-state index contributed by atoms with van der Waals surface area (Å²) in [6, 6.07) is 14.0. The first-order valence-corrected chi connectivity index (χ1v) is 8.76. The number of hydrogen-bond donors (Lipinski definition) is 2. The van der Waals surface area contributed by atoms with Gasteiger partial charge in [0.1, 0.15) is 6.04 Å². The molecule has 122 valence electrons. The predicted molar refractivity (Wildman–Crippen MR) is 89.2 cm³/mol. The van der Waals surface area contributed by atoms with Gasteiger partial charge in [-0.2, -0.15) is 4.72 Å². The third kappa shape index (κ3) is 4.18. The van der Waals surface area contributed by atoms with Crippen LogP contribution in [0.4, 0.5) is 0 Å². The maximum absolute atomic E-state index is 12.5. The van der Waals surface area contributed by atoms with E-state index >= 15 is 0 Å². The Labute approximate surface area is 136 Å². The number of carbonyl (C=O) groups is 1. The molecule has 0 fully saturated rings. The van der Waals surface area contributed by atoms with Crippen LogP contribution in [0.3, 0.4) is 0 Å². The number of nitrogens with one attached hydrogen (secondary N) is 1. The average molecular weight is 332 g/mol. The Balaban J connectivity index is 2.30. The molecule has 6 heteroatoms. The summed E-state index contributed by atoms with van der Waals surface area (Å²) in [6.07, 6.45) is 0. The molecule has 0 heterocycles. The van der Waals surface area contributed by atoms with Crippen LogP contribution in [0.2, 0.25) is 0 Å². The molecule has 0 bridgehead atoms. The molecule has 23 heavy (non-hydrogen) atoms. The molecule has 0 aliphatic carbocycles. The molecule has 0 aromatic heterocycles. The monoisotopic (exact) mass is 332 g/mol. The topological polar surface area (TPSA) is 89.3 Å². The number of carbonyl (C=O) groups excluding carboxylic acids is 1. The van der Waals surface area contributed by atoms with Gasteiger partial charge in [0, 0.05) is 0 Å². The van der Waals surface area contributed by atoms with Crippen LogP contribution >= 0.6 is 0 Å². The van der Waals surface area contributed by atoms with Gasteiger partial charge in [0.05, 0.1) is 4.90 Å². The van der Waals surface area contributed by atoms with Gasteiger partial charge in [-0.25, -0.2) is 8.42 Å². The lowest BCUT2D eigenvalue weighted by molar-refractivity contribution is -0.119. The fraction of sp³-hybridized carbons (Fsp3) is 0.235. The van der Waals surface area contributed by atoms with E-state index in [0.717, 1.165) is 5.56 Å². The largest absolute Gasteiger partial charge is 0.368 e. The van der Waals surface area contributed by atoms with E-state index in [1.807, 2.05) is 13.8 Å². The Morgan fingerprint density at radius 3 is 2.00 bits per heavy atom. The molecule has 0 aliphatic heterocycles. The van der Waals surface area contributed by atoms with Crippen LogP contribution in [-0.4, -0.2) is 14.3 Å². The lowest BCUT2D eigenvalue weighted by atomic mass is 10.0. The molecular weight excluding hydrogens is 312 g/mol. The summed E-state index contributed by atoms with van der Waals surface area (Å²) < 4.78 is 27.3. The average Bonchev–Trinajstić information content (AvgIpc) is 2.53. The van der Waals surface area contributed by atoms with Gasteiger partial charge in [0.15, 0.2) is 0 Å². The highest BCUT2D eigenvalue weighted by molar-refractivity contribution is 7.89. The molecule has 0 saturated heterocycles. The second-order valence-electron chi connectivity index (χ2n) is 5.59. The van der Waals surface area contributed by atoms with Gasteiger partial charge in [-0.3, -0.25) is 4.79 Å². The minimum absolute atomic E-state index is 0.101. The van der Waals surface area contributed by atoms with Crippen molar-refractivity contribution >= 4 is 15.9 Å². The first kappa shape index (κ1) is 17.2. The minimum atomic E-state index is -3.85. The number of nitrogens with two attached hydrogens (primary N) is 1. The first-order valence-electron chi connectivity index (χ1n) is 7.28. The summed E-state index contributed by atoms with van der Waals surface area (Å²) >= 11 is 0. The van der Waals surface area contributed by atoms with E-state index in [9.17, 15) is 13.2 Å². The molecule has 2 rings (SSSR count). The molecule has 0 spiro atoms. The fourth-order valence-electron chi connectivity index (χ4n) is 2.19. The zero-order valence-corrected chi connectivity index (χ0v) is 13.9. The molecule has 1 amide bonds. The lowest BCUT2D eigenvalue weighted by Gasteiger charge is -2.16. The van der Waals surface area contributed by atoms with Crippen molar-refractivity contribution in [3.05, 3.63) is 65.7 Å². The Kier molecular flexibility index (Phi) is 5.18. The Morgan fingerprint density at radius 2 is 1.52 bits per heavy atom. The van der Waals surface area contributed by atoms with Crippen LogP contribution in [0, 0.1) is 0 Å². The van der Waals surface area contributed by atoms with E-state index in [1.54, 1.807) is 42.5 Å². The molecule has 1 unspecified atom stereocenters. The van der Waals surface area contributed by atoms with Crippen LogP contribution < -0.4 is 10.5 Å². The number of benzene rings is 2. The molecule has 0 aliphatic rings. The van der Waals surface area contributed by atoms with Gasteiger partial charge in [0.25, 0.3) is 0 Å². The van der Waals surface area contributed by atoms with E-state index in [2.05, 4.69) is 4.72 Å². The van der Waals surface area contributed by atoms with Crippen molar-refractivity contribution in [2.24, 2.45) is 5.73 Å². The van der Waals surface area contributed by atoms with Crippen LogP contribution in [0.25, 0.3) is 0 Å². The third-order valence-corrected chi connectivity index (χ3v) is 4.99. The number of amides is 1. The van der Waals surface area contributed by atoms with Crippen LogP contribution in [0.15, 0.2) is 59.5 Å². The highest BCUT2D eigenvalue weighted by atomic mass is 32.2. The molecule has 2 aromatic rings. The molecule has 0 radical (unpaired) electrons. The normalized spacial score (nSPS) is 13.0. The standard InChI is InChI=1S/C17H20N2O3S/c1-12(2)13-8-10-15(11-9-13)23(21,22)19-16(17(18)20)14-6-4-3-5-7-14/h3-12,16,19H,1-2H3,(H2,18,20). The number of primary amides is 1. The highest BCUT2D eigenvalue weighted by Gasteiger charge is 2.25. The molecule has 0 saturated carbocycles. The first-order chi connectivity index (χ1) is 10.8. The summed E-state index contributed by atoms with van der Waals surface area (Å²) in [6.45, 7) is 4.06. The number of hydrogen-bond acceptors (Lipinski definition) is 3. The third-order valence-electron chi connectivity index (χ3n) is 3.55. The van der Waals surface area contributed by atoms with Gasteiger partial charge in [-0.1, -0.05) is 56.3 Å². The summed E-state index contributed by atoms with van der Waals surface area (Å²) in [4.78, 5) is 11.7. The second-order valence-corrected chi connectivity index (χ2v) is 7.31. The van der Waals surface area contributed by atoms with Gasteiger partial charge in [0.2, 0.25) is 15.9 Å². The van der Waals surface area contributed by atoms with Crippen molar-refractivity contribution in [3.63, 3.8) is 0 Å². The van der Waals surface area contributed by atoms with E-state index in [1.165, 1.54) is 12.1 Å². The zero-order chi connectivity index (χ0) is 17.0. The summed E-state index contributed by atoms with van der Waals surface area (Å²) in [5.74, 6) is -0.444. The van der Waals surface area contributed by atoms with Crippen LogP contribution in [0.1, 0.15) is 36.9 Å². The van der Waals surface area contributed by atoms with Crippen molar-refractivity contribution in [2.75, 3.05) is 0 Å².